The normalized spacial score (nSPS) is 15.9. The fraction of sp³-hybridized carbons (Fsp3) is 0.538. The number of nitrogens with zero attached hydrogens (tertiary/aromatic N) is 1. The summed E-state index contributed by atoms with van der Waals surface area (Å²) in [7, 11) is 2.22. The van der Waals surface area contributed by atoms with Gasteiger partial charge in [-0.3, -0.25) is 0 Å². The highest BCUT2D eigenvalue weighted by molar-refractivity contribution is 5.39. The van der Waals surface area contributed by atoms with Gasteiger partial charge in [-0.25, -0.2) is 0 Å². The van der Waals surface area contributed by atoms with Crippen LogP contribution in [-0.2, 0) is 6.42 Å². The Hall–Kier alpha value is -1.02. The molecule has 2 heteroatoms. The summed E-state index contributed by atoms with van der Waals surface area (Å²) >= 11 is 0. The van der Waals surface area contributed by atoms with Crippen LogP contribution < -0.4 is 5.73 Å². The molecule has 1 aromatic carbocycles. The Morgan fingerprint density at radius 2 is 1.93 bits per heavy atom. The summed E-state index contributed by atoms with van der Waals surface area (Å²) in [5.41, 5.74) is 7.88. The van der Waals surface area contributed by atoms with Crippen molar-refractivity contribution < 1.29 is 0 Å². The van der Waals surface area contributed by atoms with E-state index in [-0.39, 0.29) is 0 Å². The number of nitrogens with two attached hydrogens (primary N) is 1. The monoisotopic (exact) mass is 204 g/mol. The third kappa shape index (κ3) is 3.56. The van der Waals surface area contributed by atoms with E-state index < -0.39 is 0 Å². The highest BCUT2D eigenvalue weighted by Crippen LogP contribution is 2.29. The summed E-state index contributed by atoms with van der Waals surface area (Å²) < 4.78 is 0. The van der Waals surface area contributed by atoms with E-state index in [2.05, 4.69) is 24.1 Å². The van der Waals surface area contributed by atoms with Gasteiger partial charge >= 0.3 is 0 Å². The quantitative estimate of drug-likeness (QED) is 0.745. The first kappa shape index (κ1) is 10.5. The summed E-state index contributed by atoms with van der Waals surface area (Å²) in [5.74, 6) is 0.987. The van der Waals surface area contributed by atoms with E-state index in [1.54, 1.807) is 0 Å². The molecule has 0 aliphatic heterocycles. The predicted molar refractivity (Wildman–Crippen MR) is 64.8 cm³/mol. The smallest absolute Gasteiger partial charge is 0.0314 e. The van der Waals surface area contributed by atoms with Crippen LogP contribution in [0.3, 0.4) is 0 Å². The molecule has 0 heterocycles. The maximum atomic E-state index is 5.65. The van der Waals surface area contributed by atoms with Gasteiger partial charge in [0.25, 0.3) is 0 Å². The molecule has 1 aliphatic rings. The maximum Gasteiger partial charge on any atom is 0.0314 e. The van der Waals surface area contributed by atoms with E-state index in [4.69, 9.17) is 5.73 Å². The largest absolute Gasteiger partial charge is 0.399 e. The van der Waals surface area contributed by atoms with Crippen LogP contribution in [0.1, 0.15) is 18.4 Å². The van der Waals surface area contributed by atoms with E-state index in [1.165, 1.54) is 24.9 Å². The zero-order valence-electron chi connectivity index (χ0n) is 9.45. The Morgan fingerprint density at radius 3 is 2.53 bits per heavy atom. The first-order valence-electron chi connectivity index (χ1n) is 5.77. The lowest BCUT2D eigenvalue weighted by atomic mass is 10.1. The van der Waals surface area contributed by atoms with Crippen molar-refractivity contribution in [1.82, 2.24) is 4.90 Å². The van der Waals surface area contributed by atoms with Crippen LogP contribution >= 0.6 is 0 Å². The highest BCUT2D eigenvalue weighted by atomic mass is 15.1. The fourth-order valence-electron chi connectivity index (χ4n) is 1.84. The highest BCUT2D eigenvalue weighted by Gasteiger charge is 2.22. The Labute approximate surface area is 92.1 Å². The predicted octanol–water partition coefficient (Wildman–Crippen LogP) is 2.15. The van der Waals surface area contributed by atoms with Crippen LogP contribution in [0.2, 0.25) is 0 Å². The fourth-order valence-corrected chi connectivity index (χ4v) is 1.84. The molecule has 82 valence electrons. The molecule has 1 fully saturated rings. The number of rotatable bonds is 5. The van der Waals surface area contributed by atoms with Crippen LogP contribution in [0.15, 0.2) is 24.3 Å². The van der Waals surface area contributed by atoms with Crippen LogP contribution in [0, 0.1) is 5.92 Å². The zero-order valence-corrected chi connectivity index (χ0v) is 9.45. The van der Waals surface area contributed by atoms with E-state index in [0.717, 1.165) is 24.6 Å². The van der Waals surface area contributed by atoms with Crippen molar-refractivity contribution in [3.63, 3.8) is 0 Å². The van der Waals surface area contributed by atoms with Gasteiger partial charge < -0.3 is 10.6 Å². The Balaban J connectivity index is 1.74. The summed E-state index contributed by atoms with van der Waals surface area (Å²) in [5, 5.41) is 0. The molecule has 0 aromatic heterocycles. The number of hydrogen-bond acceptors (Lipinski definition) is 2. The molecule has 15 heavy (non-hydrogen) atoms. The Bertz CT molecular complexity index is 301. The standard InChI is InChI=1S/C13H20N2/c1-15(10-12-2-3-12)9-8-11-4-6-13(14)7-5-11/h4-7,12H,2-3,8-10,14H2,1H3. The number of nitrogen functional groups attached to an aromatic ring is 1. The molecule has 2 N–H and O–H groups in total. The molecule has 0 bridgehead atoms. The number of anilines is 1. The first-order chi connectivity index (χ1) is 7.24. The number of benzene rings is 1. The molecule has 0 atom stereocenters. The Kier molecular flexibility index (Phi) is 3.27. The van der Waals surface area contributed by atoms with Crippen molar-refractivity contribution in [2.24, 2.45) is 5.92 Å². The molecule has 1 aromatic rings. The van der Waals surface area contributed by atoms with E-state index in [9.17, 15) is 0 Å². The third-order valence-corrected chi connectivity index (χ3v) is 3.03. The van der Waals surface area contributed by atoms with Gasteiger partial charge in [0.1, 0.15) is 0 Å². The van der Waals surface area contributed by atoms with Crippen LogP contribution in [0.25, 0.3) is 0 Å². The lowest BCUT2D eigenvalue weighted by Gasteiger charge is -2.15. The summed E-state index contributed by atoms with van der Waals surface area (Å²) in [6.45, 7) is 2.43. The molecular formula is C13H20N2. The van der Waals surface area contributed by atoms with Gasteiger partial charge in [-0.2, -0.15) is 0 Å². The van der Waals surface area contributed by atoms with Crippen molar-refractivity contribution in [3.8, 4) is 0 Å². The zero-order chi connectivity index (χ0) is 10.7. The van der Waals surface area contributed by atoms with Crippen LogP contribution in [0.4, 0.5) is 5.69 Å². The van der Waals surface area contributed by atoms with Crippen LogP contribution in [0.5, 0.6) is 0 Å². The number of hydrogen-bond donors (Lipinski definition) is 1. The van der Waals surface area contributed by atoms with Gasteiger partial charge in [-0.15, -0.1) is 0 Å². The van der Waals surface area contributed by atoms with Gasteiger partial charge in [-0.05, 0) is 49.9 Å². The van der Waals surface area contributed by atoms with Gasteiger partial charge in [0.2, 0.25) is 0 Å². The van der Waals surface area contributed by atoms with Crippen LogP contribution in [-0.4, -0.2) is 25.0 Å². The molecule has 1 saturated carbocycles. The lowest BCUT2D eigenvalue weighted by Crippen LogP contribution is -2.23. The van der Waals surface area contributed by atoms with E-state index in [1.807, 2.05) is 12.1 Å². The van der Waals surface area contributed by atoms with Crippen molar-refractivity contribution in [1.29, 1.82) is 0 Å². The molecular weight excluding hydrogens is 184 g/mol. The molecule has 0 spiro atoms. The average molecular weight is 204 g/mol. The second-order valence-corrected chi connectivity index (χ2v) is 4.70. The minimum absolute atomic E-state index is 0.852. The molecule has 2 nitrogen and oxygen atoms in total. The number of likely N-dealkylation sites (N-methyl/N-ethyl adjacent to an activating group) is 1. The minimum Gasteiger partial charge on any atom is -0.399 e. The summed E-state index contributed by atoms with van der Waals surface area (Å²) in [4.78, 5) is 2.44. The minimum atomic E-state index is 0.852. The third-order valence-electron chi connectivity index (χ3n) is 3.03. The molecule has 2 rings (SSSR count). The second kappa shape index (κ2) is 4.67. The van der Waals surface area contributed by atoms with Crippen molar-refractivity contribution in [3.05, 3.63) is 29.8 Å². The van der Waals surface area contributed by atoms with E-state index >= 15 is 0 Å². The van der Waals surface area contributed by atoms with Gasteiger partial charge in [0.15, 0.2) is 0 Å². The molecule has 0 amide bonds. The summed E-state index contributed by atoms with van der Waals surface area (Å²) in [6, 6.07) is 8.22. The first-order valence-corrected chi connectivity index (χ1v) is 5.77. The lowest BCUT2D eigenvalue weighted by molar-refractivity contribution is 0.324. The van der Waals surface area contributed by atoms with Crippen molar-refractivity contribution in [2.45, 2.75) is 19.3 Å². The second-order valence-electron chi connectivity index (χ2n) is 4.70. The van der Waals surface area contributed by atoms with Gasteiger partial charge in [-0.1, -0.05) is 12.1 Å². The molecule has 1 aliphatic carbocycles. The van der Waals surface area contributed by atoms with Gasteiger partial charge in [0.05, 0.1) is 0 Å². The SMILES string of the molecule is CN(CCc1ccc(N)cc1)CC1CC1. The molecule has 0 radical (unpaired) electrons. The maximum absolute atomic E-state index is 5.65. The van der Waals surface area contributed by atoms with Gasteiger partial charge in [0, 0.05) is 18.8 Å². The average Bonchev–Trinajstić information content (AvgIpc) is 3.01. The Morgan fingerprint density at radius 1 is 1.27 bits per heavy atom. The van der Waals surface area contributed by atoms with E-state index in [0.29, 0.717) is 0 Å². The molecule has 0 unspecified atom stereocenters. The topological polar surface area (TPSA) is 29.3 Å². The van der Waals surface area contributed by atoms with Crippen molar-refractivity contribution in [2.75, 3.05) is 25.9 Å². The molecule has 0 saturated heterocycles. The summed E-state index contributed by atoms with van der Waals surface area (Å²) in [6.07, 6.45) is 4.00. The van der Waals surface area contributed by atoms with Crippen molar-refractivity contribution >= 4 is 5.69 Å².